The highest BCUT2D eigenvalue weighted by Gasteiger charge is 2.35. The lowest BCUT2D eigenvalue weighted by molar-refractivity contribution is -0.131. The quantitative estimate of drug-likeness (QED) is 0.293. The van der Waals surface area contributed by atoms with Gasteiger partial charge in [0.15, 0.2) is 0 Å². The first-order chi connectivity index (χ1) is 13.8. The molecule has 0 N–H and O–H groups in total. The predicted molar refractivity (Wildman–Crippen MR) is 116 cm³/mol. The second-order valence-corrected chi connectivity index (χ2v) is 8.73. The minimum Gasteiger partial charge on any atom is -0.482 e. The Kier molecular flexibility index (Phi) is 6.61. The van der Waals surface area contributed by atoms with Crippen LogP contribution in [0.2, 0.25) is 0 Å². The van der Waals surface area contributed by atoms with Crippen molar-refractivity contribution in [3.8, 4) is 22.6 Å². The Morgan fingerprint density at radius 2 is 2.03 bits per heavy atom. The number of hydrogen-bond donors (Lipinski definition) is 0. The van der Waals surface area contributed by atoms with Gasteiger partial charge in [0.2, 0.25) is 0 Å². The predicted octanol–water partition coefficient (Wildman–Crippen LogP) is 6.45. The Bertz CT molecular complexity index is 872. The third-order valence-corrected chi connectivity index (χ3v) is 5.71. The van der Waals surface area contributed by atoms with Crippen LogP contribution < -0.4 is 9.47 Å². The number of aryl methyl sites for hydroxylation is 1. The molecule has 29 heavy (non-hydrogen) atoms. The van der Waals surface area contributed by atoms with Crippen LogP contribution in [0, 0.1) is 5.92 Å². The van der Waals surface area contributed by atoms with Gasteiger partial charge < -0.3 is 9.47 Å². The van der Waals surface area contributed by atoms with E-state index < -0.39 is 5.60 Å². The van der Waals surface area contributed by atoms with Crippen molar-refractivity contribution in [2.24, 2.45) is 5.92 Å². The van der Waals surface area contributed by atoms with Gasteiger partial charge in [0.05, 0.1) is 5.56 Å². The summed E-state index contributed by atoms with van der Waals surface area (Å²) in [6, 6.07) is 6.08. The molecule has 3 rings (SSSR count). The van der Waals surface area contributed by atoms with Crippen molar-refractivity contribution in [3.63, 3.8) is 0 Å². The molecule has 1 aliphatic rings. The molecular weight excluding hydrogens is 362 g/mol. The van der Waals surface area contributed by atoms with Crippen LogP contribution in [0.15, 0.2) is 30.6 Å². The number of benzene rings is 1. The monoisotopic (exact) mass is 395 g/mol. The van der Waals surface area contributed by atoms with Crippen LogP contribution >= 0.6 is 0 Å². The van der Waals surface area contributed by atoms with E-state index in [2.05, 4.69) is 38.7 Å². The standard InChI is InChI=1S/C25H33NO3/c1-6-7-8-9-17(2)10-11-19-14-22(28-18(3)27)24-20-16-26-13-12-21(20)25(4,5)29-23(24)15-19/h12-17H,6-11H2,1-5H3. The third-order valence-electron chi connectivity index (χ3n) is 5.71. The van der Waals surface area contributed by atoms with E-state index >= 15 is 0 Å². The number of pyridine rings is 1. The maximum atomic E-state index is 11.8. The minimum absolute atomic E-state index is 0.326. The fourth-order valence-electron chi connectivity index (χ4n) is 4.12. The van der Waals surface area contributed by atoms with Gasteiger partial charge in [-0.2, -0.15) is 0 Å². The Balaban J connectivity index is 1.92. The number of unbranched alkanes of at least 4 members (excludes halogenated alkanes) is 2. The molecule has 1 unspecified atom stereocenters. The molecule has 0 aliphatic carbocycles. The second-order valence-electron chi connectivity index (χ2n) is 8.73. The van der Waals surface area contributed by atoms with E-state index in [0.29, 0.717) is 11.7 Å². The fraction of sp³-hybridized carbons (Fsp3) is 0.520. The van der Waals surface area contributed by atoms with Gasteiger partial charge in [-0.15, -0.1) is 0 Å². The summed E-state index contributed by atoms with van der Waals surface area (Å²) in [5.41, 5.74) is 3.51. The van der Waals surface area contributed by atoms with Crippen LogP contribution in [0.1, 0.15) is 77.8 Å². The molecule has 0 saturated carbocycles. The molecule has 0 spiro atoms. The van der Waals surface area contributed by atoms with Gasteiger partial charge in [-0.3, -0.25) is 9.78 Å². The molecule has 0 bridgehead atoms. The molecule has 4 heteroatoms. The molecule has 1 aliphatic heterocycles. The van der Waals surface area contributed by atoms with E-state index in [4.69, 9.17) is 9.47 Å². The molecule has 1 aromatic heterocycles. The Morgan fingerprint density at radius 1 is 1.24 bits per heavy atom. The molecule has 2 heterocycles. The number of rotatable bonds is 8. The first kappa shape index (κ1) is 21.4. The third kappa shape index (κ3) is 4.98. The van der Waals surface area contributed by atoms with Crippen LogP contribution in [-0.4, -0.2) is 11.0 Å². The van der Waals surface area contributed by atoms with Gasteiger partial charge in [0.1, 0.15) is 17.1 Å². The van der Waals surface area contributed by atoms with Gasteiger partial charge >= 0.3 is 5.97 Å². The smallest absolute Gasteiger partial charge is 0.308 e. The zero-order valence-corrected chi connectivity index (χ0v) is 18.4. The van der Waals surface area contributed by atoms with Crippen molar-refractivity contribution in [2.45, 2.75) is 78.7 Å². The molecule has 4 nitrogen and oxygen atoms in total. The second kappa shape index (κ2) is 8.98. The number of esters is 1. The molecule has 0 saturated heterocycles. The average molecular weight is 396 g/mol. The molecule has 0 radical (unpaired) electrons. The summed E-state index contributed by atoms with van der Waals surface area (Å²) < 4.78 is 12.0. The number of nitrogens with zero attached hydrogens (tertiary/aromatic N) is 1. The van der Waals surface area contributed by atoms with Crippen molar-refractivity contribution in [2.75, 3.05) is 0 Å². The van der Waals surface area contributed by atoms with Crippen molar-refractivity contribution >= 4 is 5.97 Å². The molecule has 1 aromatic carbocycles. The zero-order chi connectivity index (χ0) is 21.0. The fourth-order valence-corrected chi connectivity index (χ4v) is 4.12. The highest BCUT2D eigenvalue weighted by atomic mass is 16.5. The lowest BCUT2D eigenvalue weighted by Crippen LogP contribution is -2.29. The normalized spacial score (nSPS) is 15.1. The maximum absolute atomic E-state index is 11.8. The van der Waals surface area contributed by atoms with Gasteiger partial charge in [0.25, 0.3) is 0 Å². The van der Waals surface area contributed by atoms with E-state index in [1.165, 1.54) is 32.6 Å². The molecule has 2 aromatic rings. The van der Waals surface area contributed by atoms with Crippen LogP contribution in [0.3, 0.4) is 0 Å². The Labute approximate surface area is 174 Å². The van der Waals surface area contributed by atoms with E-state index in [1.807, 2.05) is 18.3 Å². The van der Waals surface area contributed by atoms with Gasteiger partial charge in [0, 0.05) is 30.4 Å². The van der Waals surface area contributed by atoms with Crippen molar-refractivity contribution < 1.29 is 14.3 Å². The van der Waals surface area contributed by atoms with Crippen LogP contribution in [0.25, 0.3) is 11.1 Å². The van der Waals surface area contributed by atoms with E-state index in [1.54, 1.807) is 6.20 Å². The van der Waals surface area contributed by atoms with E-state index in [-0.39, 0.29) is 5.97 Å². The number of aromatic nitrogens is 1. The number of carbonyl (C=O) groups is 1. The molecule has 0 amide bonds. The van der Waals surface area contributed by atoms with Crippen LogP contribution in [0.5, 0.6) is 11.5 Å². The Morgan fingerprint density at radius 3 is 2.76 bits per heavy atom. The molecule has 0 fully saturated rings. The first-order valence-electron chi connectivity index (χ1n) is 10.8. The summed E-state index contributed by atoms with van der Waals surface area (Å²) in [5, 5.41) is 0. The largest absolute Gasteiger partial charge is 0.482 e. The number of carbonyl (C=O) groups excluding carboxylic acids is 1. The number of ether oxygens (including phenoxy) is 2. The minimum atomic E-state index is -0.467. The van der Waals surface area contributed by atoms with Gasteiger partial charge in [-0.1, -0.05) is 39.5 Å². The lowest BCUT2D eigenvalue weighted by Gasteiger charge is -2.35. The van der Waals surface area contributed by atoms with Gasteiger partial charge in [-0.25, -0.2) is 0 Å². The van der Waals surface area contributed by atoms with Crippen LogP contribution in [-0.2, 0) is 16.8 Å². The zero-order valence-electron chi connectivity index (χ0n) is 18.4. The lowest BCUT2D eigenvalue weighted by atomic mass is 9.86. The van der Waals surface area contributed by atoms with Crippen molar-refractivity contribution in [1.29, 1.82) is 0 Å². The van der Waals surface area contributed by atoms with E-state index in [0.717, 1.165) is 40.8 Å². The maximum Gasteiger partial charge on any atom is 0.308 e. The highest BCUT2D eigenvalue weighted by Crippen LogP contribution is 2.49. The van der Waals surface area contributed by atoms with Crippen molar-refractivity contribution in [1.82, 2.24) is 4.98 Å². The van der Waals surface area contributed by atoms with Crippen molar-refractivity contribution in [3.05, 3.63) is 41.7 Å². The average Bonchev–Trinajstić information content (AvgIpc) is 2.65. The summed E-state index contributed by atoms with van der Waals surface area (Å²) in [6.07, 6.45) is 10.8. The topological polar surface area (TPSA) is 48.4 Å². The van der Waals surface area contributed by atoms with Gasteiger partial charge in [-0.05, 0) is 56.4 Å². The molecular formula is C25H33NO3. The first-order valence-corrected chi connectivity index (χ1v) is 10.8. The summed E-state index contributed by atoms with van der Waals surface area (Å²) >= 11 is 0. The summed E-state index contributed by atoms with van der Waals surface area (Å²) in [5.74, 6) is 1.68. The summed E-state index contributed by atoms with van der Waals surface area (Å²) in [6.45, 7) is 10.1. The summed E-state index contributed by atoms with van der Waals surface area (Å²) in [4.78, 5) is 16.1. The Hall–Kier alpha value is -2.36. The molecule has 156 valence electrons. The van der Waals surface area contributed by atoms with E-state index in [9.17, 15) is 4.79 Å². The number of hydrogen-bond acceptors (Lipinski definition) is 4. The highest BCUT2D eigenvalue weighted by molar-refractivity contribution is 5.84. The van der Waals surface area contributed by atoms with Crippen LogP contribution in [0.4, 0.5) is 0 Å². The molecule has 1 atom stereocenters. The number of fused-ring (bicyclic) bond motifs is 3. The SMILES string of the molecule is CCCCCC(C)CCc1cc(OC(C)=O)c2c(c1)OC(C)(C)c1ccncc1-2. The summed E-state index contributed by atoms with van der Waals surface area (Å²) in [7, 11) is 0.